The Hall–Kier alpha value is -3.12. The molecule has 2 aromatic rings. The highest BCUT2D eigenvalue weighted by Crippen LogP contribution is 2.28. The van der Waals surface area contributed by atoms with Gasteiger partial charge in [-0.15, -0.1) is 0 Å². The summed E-state index contributed by atoms with van der Waals surface area (Å²) in [6, 6.07) is 12.9. The summed E-state index contributed by atoms with van der Waals surface area (Å²) in [5.41, 5.74) is 1.74. The van der Waals surface area contributed by atoms with Gasteiger partial charge >= 0.3 is 6.03 Å². The number of barbiturate groups is 1. The number of urea groups is 1. The van der Waals surface area contributed by atoms with E-state index in [2.05, 4.69) is 5.32 Å². The first-order chi connectivity index (χ1) is 12.4. The number of rotatable bonds is 3. The fraction of sp³-hybridized carbons (Fsp3) is 0.105. The molecule has 26 heavy (non-hydrogen) atoms. The van der Waals surface area contributed by atoms with Crippen LogP contribution in [0.25, 0.3) is 6.08 Å². The van der Waals surface area contributed by atoms with Gasteiger partial charge in [0.15, 0.2) is 0 Å². The Morgan fingerprint density at radius 2 is 1.65 bits per heavy atom. The molecule has 7 heteroatoms. The molecule has 1 N–H and O–H groups in total. The van der Waals surface area contributed by atoms with Gasteiger partial charge in [-0.05, 0) is 35.9 Å². The van der Waals surface area contributed by atoms with Crippen LogP contribution < -0.4 is 15.1 Å². The van der Waals surface area contributed by atoms with Gasteiger partial charge in [-0.2, -0.15) is 0 Å². The van der Waals surface area contributed by atoms with Crippen molar-refractivity contribution in [1.29, 1.82) is 0 Å². The van der Waals surface area contributed by atoms with E-state index < -0.39 is 17.8 Å². The minimum atomic E-state index is -0.826. The molecule has 0 aromatic heterocycles. The average Bonchev–Trinajstić information content (AvgIpc) is 2.60. The molecule has 0 spiro atoms. The molecule has 2 aromatic carbocycles. The zero-order valence-corrected chi connectivity index (χ0v) is 14.9. The van der Waals surface area contributed by atoms with Crippen molar-refractivity contribution in [3.63, 3.8) is 0 Å². The number of halogens is 1. The van der Waals surface area contributed by atoms with Crippen LogP contribution in [-0.4, -0.2) is 31.9 Å². The van der Waals surface area contributed by atoms with Gasteiger partial charge in [0.05, 0.1) is 10.7 Å². The third kappa shape index (κ3) is 3.32. The molecule has 0 unspecified atom stereocenters. The summed E-state index contributed by atoms with van der Waals surface area (Å²) in [6.45, 7) is 0. The maximum Gasteiger partial charge on any atom is 0.335 e. The second-order valence-corrected chi connectivity index (χ2v) is 6.30. The lowest BCUT2D eigenvalue weighted by atomic mass is 10.1. The van der Waals surface area contributed by atoms with Gasteiger partial charge in [0.25, 0.3) is 11.8 Å². The smallest absolute Gasteiger partial charge is 0.335 e. The summed E-state index contributed by atoms with van der Waals surface area (Å²) in [4.78, 5) is 39.9. The van der Waals surface area contributed by atoms with E-state index >= 15 is 0 Å². The molecule has 1 saturated heterocycles. The van der Waals surface area contributed by atoms with Crippen LogP contribution in [0.15, 0.2) is 54.1 Å². The summed E-state index contributed by atoms with van der Waals surface area (Å²) in [5.74, 6) is -1.46. The van der Waals surface area contributed by atoms with Crippen LogP contribution >= 0.6 is 11.6 Å². The first-order valence-electron chi connectivity index (χ1n) is 7.82. The number of amides is 4. The van der Waals surface area contributed by atoms with Crippen LogP contribution in [0, 0.1) is 0 Å². The van der Waals surface area contributed by atoms with Crippen molar-refractivity contribution in [2.24, 2.45) is 0 Å². The Balaban J connectivity index is 1.99. The van der Waals surface area contributed by atoms with E-state index in [4.69, 9.17) is 11.6 Å². The highest BCUT2D eigenvalue weighted by molar-refractivity contribution is 6.42. The lowest BCUT2D eigenvalue weighted by Gasteiger charge is -2.27. The van der Waals surface area contributed by atoms with Gasteiger partial charge in [0, 0.05) is 19.8 Å². The molecule has 1 heterocycles. The number of imide groups is 2. The third-order valence-electron chi connectivity index (χ3n) is 3.92. The molecule has 1 aliphatic heterocycles. The average molecular weight is 370 g/mol. The number of hydrogen-bond donors (Lipinski definition) is 1. The van der Waals surface area contributed by atoms with Gasteiger partial charge in [-0.3, -0.25) is 14.9 Å². The van der Waals surface area contributed by atoms with Gasteiger partial charge in [0.1, 0.15) is 5.57 Å². The maximum absolute atomic E-state index is 12.8. The molecular formula is C19H16ClN3O3. The van der Waals surface area contributed by atoms with Crippen molar-refractivity contribution in [3.8, 4) is 0 Å². The second-order valence-electron chi connectivity index (χ2n) is 5.90. The molecule has 1 aliphatic rings. The zero-order valence-electron chi connectivity index (χ0n) is 14.2. The van der Waals surface area contributed by atoms with E-state index in [1.54, 1.807) is 36.4 Å². The van der Waals surface area contributed by atoms with Gasteiger partial charge < -0.3 is 4.90 Å². The first kappa shape index (κ1) is 17.7. The van der Waals surface area contributed by atoms with Crippen LogP contribution in [0.5, 0.6) is 0 Å². The number of nitrogens with zero attached hydrogens (tertiary/aromatic N) is 2. The predicted molar refractivity (Wildman–Crippen MR) is 101 cm³/mol. The Bertz CT molecular complexity index is 920. The van der Waals surface area contributed by atoms with Gasteiger partial charge in [-0.1, -0.05) is 35.9 Å². The van der Waals surface area contributed by atoms with E-state index in [9.17, 15) is 14.4 Å². The van der Waals surface area contributed by atoms with Crippen molar-refractivity contribution < 1.29 is 14.4 Å². The zero-order chi connectivity index (χ0) is 18.8. The first-order valence-corrected chi connectivity index (χ1v) is 8.19. The molecule has 4 amide bonds. The lowest BCUT2D eigenvalue weighted by Crippen LogP contribution is -2.54. The van der Waals surface area contributed by atoms with E-state index in [1.807, 2.05) is 31.1 Å². The van der Waals surface area contributed by atoms with Crippen LogP contribution in [-0.2, 0) is 9.59 Å². The Kier molecular flexibility index (Phi) is 4.77. The Morgan fingerprint density at radius 3 is 2.27 bits per heavy atom. The largest absolute Gasteiger partial charge is 0.378 e. The van der Waals surface area contributed by atoms with E-state index in [1.165, 1.54) is 6.08 Å². The number of nitrogens with one attached hydrogen (secondary N) is 1. The second kappa shape index (κ2) is 7.01. The van der Waals surface area contributed by atoms with Crippen molar-refractivity contribution in [2.75, 3.05) is 23.9 Å². The molecular weight excluding hydrogens is 354 g/mol. The molecule has 0 atom stereocenters. The minimum absolute atomic E-state index is 0.137. The summed E-state index contributed by atoms with van der Waals surface area (Å²) in [7, 11) is 3.83. The standard InChI is InChI=1S/C19H16ClN3O3/c1-22(2)13-9-7-12(8-10-13)11-14-17(24)21-19(26)23(18(14)25)16-6-4-3-5-15(16)20/h3-11H,1-2H3,(H,21,24,26)/b14-11-. The Morgan fingerprint density at radius 1 is 1.00 bits per heavy atom. The van der Waals surface area contributed by atoms with Crippen molar-refractivity contribution >= 4 is 46.9 Å². The molecule has 0 saturated carbocycles. The highest BCUT2D eigenvalue weighted by Gasteiger charge is 2.37. The van der Waals surface area contributed by atoms with Crippen molar-refractivity contribution in [1.82, 2.24) is 5.32 Å². The fourth-order valence-electron chi connectivity index (χ4n) is 2.54. The van der Waals surface area contributed by atoms with E-state index in [0.717, 1.165) is 10.6 Å². The molecule has 3 rings (SSSR count). The number of anilines is 2. The normalized spacial score (nSPS) is 16.0. The predicted octanol–water partition coefficient (Wildman–Crippen LogP) is 3.07. The number of carbonyl (C=O) groups excluding carboxylic acids is 3. The number of benzene rings is 2. The van der Waals surface area contributed by atoms with Gasteiger partial charge in [0.2, 0.25) is 0 Å². The van der Waals surface area contributed by atoms with E-state index in [0.29, 0.717) is 5.56 Å². The fourth-order valence-corrected chi connectivity index (χ4v) is 2.76. The number of hydrogen-bond acceptors (Lipinski definition) is 4. The van der Waals surface area contributed by atoms with E-state index in [-0.39, 0.29) is 16.3 Å². The molecule has 0 bridgehead atoms. The third-order valence-corrected chi connectivity index (χ3v) is 4.24. The van der Waals surface area contributed by atoms with Crippen molar-refractivity contribution in [2.45, 2.75) is 0 Å². The molecule has 1 fully saturated rings. The highest BCUT2D eigenvalue weighted by atomic mass is 35.5. The number of para-hydroxylation sites is 1. The number of carbonyl (C=O) groups is 3. The topological polar surface area (TPSA) is 69.7 Å². The quantitative estimate of drug-likeness (QED) is 0.666. The SMILES string of the molecule is CN(C)c1ccc(/C=C2/C(=O)NC(=O)N(c3ccccc3Cl)C2=O)cc1. The maximum atomic E-state index is 12.8. The summed E-state index contributed by atoms with van der Waals surface area (Å²) in [5, 5.41) is 2.41. The summed E-state index contributed by atoms with van der Waals surface area (Å²) < 4.78 is 0. The van der Waals surface area contributed by atoms with Crippen molar-refractivity contribution in [3.05, 3.63) is 64.7 Å². The molecule has 132 valence electrons. The van der Waals surface area contributed by atoms with Crippen LogP contribution in [0.4, 0.5) is 16.2 Å². The Labute approximate surface area is 155 Å². The molecule has 0 aliphatic carbocycles. The molecule has 0 radical (unpaired) electrons. The van der Waals surface area contributed by atoms with Crippen LogP contribution in [0.2, 0.25) is 5.02 Å². The molecule has 6 nitrogen and oxygen atoms in total. The summed E-state index contributed by atoms with van der Waals surface area (Å²) >= 11 is 6.10. The monoisotopic (exact) mass is 369 g/mol. The minimum Gasteiger partial charge on any atom is -0.378 e. The van der Waals surface area contributed by atoms with Gasteiger partial charge in [-0.25, -0.2) is 9.69 Å². The van der Waals surface area contributed by atoms with Crippen LogP contribution in [0.1, 0.15) is 5.56 Å². The van der Waals surface area contributed by atoms with Crippen LogP contribution in [0.3, 0.4) is 0 Å². The summed E-state index contributed by atoms with van der Waals surface area (Å²) in [6.07, 6.45) is 1.45. The lowest BCUT2D eigenvalue weighted by molar-refractivity contribution is -0.122.